The van der Waals surface area contributed by atoms with Crippen LogP contribution >= 0.6 is 0 Å². The van der Waals surface area contributed by atoms with Gasteiger partial charge in [0.1, 0.15) is 0 Å². The zero-order chi connectivity index (χ0) is 10.5. The van der Waals surface area contributed by atoms with E-state index < -0.39 is 0 Å². The van der Waals surface area contributed by atoms with E-state index in [1.54, 1.807) is 0 Å². The van der Waals surface area contributed by atoms with Crippen LogP contribution in [0.3, 0.4) is 0 Å². The van der Waals surface area contributed by atoms with Gasteiger partial charge < -0.3 is 0 Å². The van der Waals surface area contributed by atoms with Gasteiger partial charge in [0.2, 0.25) is 0 Å². The summed E-state index contributed by atoms with van der Waals surface area (Å²) in [6.45, 7) is 2.11. The molecule has 0 aliphatic carbocycles. The Morgan fingerprint density at radius 3 is 2.13 bits per heavy atom. The van der Waals surface area contributed by atoms with Gasteiger partial charge in [-0.25, -0.2) is 0 Å². The second kappa shape index (κ2) is 4.61. The first kappa shape index (κ1) is 9.72. The van der Waals surface area contributed by atoms with Crippen molar-refractivity contribution in [2.45, 2.75) is 6.92 Å². The van der Waals surface area contributed by atoms with Gasteiger partial charge in [-0.05, 0) is 18.1 Å². The maximum Gasteiger partial charge on any atom is -0.0254 e. The Balaban J connectivity index is 2.19. The van der Waals surface area contributed by atoms with E-state index in [2.05, 4.69) is 67.6 Å². The molecule has 0 aliphatic rings. The lowest BCUT2D eigenvalue weighted by Gasteiger charge is -1.95. The highest BCUT2D eigenvalue weighted by Gasteiger charge is 1.87. The summed E-state index contributed by atoms with van der Waals surface area (Å²) >= 11 is 0. The second-order valence-electron chi connectivity index (χ2n) is 3.66. The minimum absolute atomic E-state index is 1.24. The zero-order valence-electron chi connectivity index (χ0n) is 8.85. The number of hydrogen-bond donors (Lipinski definition) is 0. The molecule has 0 heterocycles. The number of benzene rings is 2. The molecule has 0 atom stereocenters. The van der Waals surface area contributed by atoms with Crippen LogP contribution in [0.5, 0.6) is 0 Å². The molecule has 0 heteroatoms. The van der Waals surface area contributed by atoms with Crippen molar-refractivity contribution in [3.63, 3.8) is 0 Å². The Morgan fingerprint density at radius 1 is 0.733 bits per heavy atom. The number of aryl methyl sites for hydroxylation is 1. The lowest BCUT2D eigenvalue weighted by molar-refractivity contribution is 1.46. The molecule has 15 heavy (non-hydrogen) atoms. The highest BCUT2D eigenvalue weighted by Crippen LogP contribution is 2.09. The molecule has 0 aromatic heterocycles. The second-order valence-corrected chi connectivity index (χ2v) is 3.66. The molecular weight excluding hydrogens is 180 g/mol. The lowest BCUT2D eigenvalue weighted by Crippen LogP contribution is -1.74. The minimum Gasteiger partial charge on any atom is -0.0622 e. The first-order chi connectivity index (χ1) is 7.34. The van der Waals surface area contributed by atoms with Gasteiger partial charge in [0.05, 0.1) is 0 Å². The molecule has 0 saturated carbocycles. The topological polar surface area (TPSA) is 0 Å². The van der Waals surface area contributed by atoms with Gasteiger partial charge >= 0.3 is 0 Å². The summed E-state index contributed by atoms with van der Waals surface area (Å²) in [6.07, 6.45) is 4.27. The Kier molecular flexibility index (Phi) is 2.99. The van der Waals surface area contributed by atoms with E-state index in [4.69, 9.17) is 0 Å². The molecule has 0 unspecified atom stereocenters. The van der Waals surface area contributed by atoms with Crippen molar-refractivity contribution in [2.24, 2.45) is 0 Å². The summed E-state index contributed by atoms with van der Waals surface area (Å²) < 4.78 is 0. The summed E-state index contributed by atoms with van der Waals surface area (Å²) in [5, 5.41) is 0. The van der Waals surface area contributed by atoms with Gasteiger partial charge in [0, 0.05) is 0 Å². The Morgan fingerprint density at radius 2 is 1.40 bits per heavy atom. The van der Waals surface area contributed by atoms with Gasteiger partial charge in [-0.1, -0.05) is 72.3 Å². The Labute approximate surface area is 90.9 Å². The fraction of sp³-hybridized carbons (Fsp3) is 0.0667. The lowest BCUT2D eigenvalue weighted by atomic mass is 10.1. The van der Waals surface area contributed by atoms with E-state index in [-0.39, 0.29) is 0 Å². The summed E-state index contributed by atoms with van der Waals surface area (Å²) in [6, 6.07) is 18.8. The SMILES string of the molecule is Cc1cccc(/C=C\c2ccccc2)c1. The summed E-state index contributed by atoms with van der Waals surface area (Å²) in [7, 11) is 0. The van der Waals surface area contributed by atoms with Crippen LogP contribution in [0.15, 0.2) is 54.6 Å². The molecule has 0 nitrogen and oxygen atoms in total. The standard InChI is InChI=1S/C15H14/c1-13-6-5-9-15(12-13)11-10-14-7-3-2-4-8-14/h2-12H,1H3/b11-10-. The third-order valence-corrected chi connectivity index (χ3v) is 2.31. The van der Waals surface area contributed by atoms with Crippen molar-refractivity contribution in [3.8, 4) is 0 Å². The van der Waals surface area contributed by atoms with Crippen LogP contribution in [0.25, 0.3) is 12.2 Å². The summed E-state index contributed by atoms with van der Waals surface area (Å²) in [5.74, 6) is 0. The molecule has 0 radical (unpaired) electrons. The fourth-order valence-electron chi connectivity index (χ4n) is 1.53. The smallest absolute Gasteiger partial charge is 0.0254 e. The molecule has 0 spiro atoms. The van der Waals surface area contributed by atoms with Crippen LogP contribution in [0, 0.1) is 6.92 Å². The maximum absolute atomic E-state index is 2.18. The van der Waals surface area contributed by atoms with Crippen molar-refractivity contribution in [3.05, 3.63) is 71.3 Å². The monoisotopic (exact) mass is 194 g/mol. The quantitative estimate of drug-likeness (QED) is 0.629. The predicted molar refractivity (Wildman–Crippen MR) is 66.5 cm³/mol. The highest BCUT2D eigenvalue weighted by atomic mass is 13.9. The molecule has 0 N–H and O–H groups in total. The van der Waals surface area contributed by atoms with Crippen molar-refractivity contribution in [2.75, 3.05) is 0 Å². The van der Waals surface area contributed by atoms with Crippen LogP contribution in [0.4, 0.5) is 0 Å². The summed E-state index contributed by atoms with van der Waals surface area (Å²) in [5.41, 5.74) is 3.78. The first-order valence-corrected chi connectivity index (χ1v) is 5.14. The number of hydrogen-bond acceptors (Lipinski definition) is 0. The normalized spacial score (nSPS) is 10.7. The molecule has 0 saturated heterocycles. The van der Waals surface area contributed by atoms with E-state index in [1.165, 1.54) is 16.7 Å². The van der Waals surface area contributed by atoms with Crippen LogP contribution in [0.2, 0.25) is 0 Å². The van der Waals surface area contributed by atoms with Crippen molar-refractivity contribution < 1.29 is 0 Å². The summed E-state index contributed by atoms with van der Waals surface area (Å²) in [4.78, 5) is 0. The Bertz CT molecular complexity index is 452. The molecule has 0 amide bonds. The minimum atomic E-state index is 1.24. The van der Waals surface area contributed by atoms with E-state index in [0.29, 0.717) is 0 Å². The third kappa shape index (κ3) is 2.81. The molecular formula is C15H14. The van der Waals surface area contributed by atoms with Crippen LogP contribution in [0.1, 0.15) is 16.7 Å². The molecule has 0 fully saturated rings. The first-order valence-electron chi connectivity index (χ1n) is 5.14. The van der Waals surface area contributed by atoms with Gasteiger partial charge in [-0.3, -0.25) is 0 Å². The molecule has 2 aromatic rings. The molecule has 74 valence electrons. The van der Waals surface area contributed by atoms with E-state index in [9.17, 15) is 0 Å². The van der Waals surface area contributed by atoms with Gasteiger partial charge in [-0.15, -0.1) is 0 Å². The molecule has 0 aliphatic heterocycles. The third-order valence-electron chi connectivity index (χ3n) is 2.31. The molecule has 2 aromatic carbocycles. The van der Waals surface area contributed by atoms with Gasteiger partial charge in [0.25, 0.3) is 0 Å². The van der Waals surface area contributed by atoms with Crippen molar-refractivity contribution in [1.82, 2.24) is 0 Å². The Hall–Kier alpha value is -1.82. The van der Waals surface area contributed by atoms with Crippen LogP contribution in [-0.2, 0) is 0 Å². The van der Waals surface area contributed by atoms with Crippen molar-refractivity contribution in [1.29, 1.82) is 0 Å². The zero-order valence-corrected chi connectivity index (χ0v) is 8.85. The van der Waals surface area contributed by atoms with Crippen LogP contribution in [-0.4, -0.2) is 0 Å². The fourth-order valence-corrected chi connectivity index (χ4v) is 1.53. The molecule has 2 rings (SSSR count). The molecule has 0 bridgehead atoms. The van der Waals surface area contributed by atoms with E-state index in [0.717, 1.165) is 0 Å². The largest absolute Gasteiger partial charge is 0.0622 e. The predicted octanol–water partition coefficient (Wildman–Crippen LogP) is 4.17. The maximum atomic E-state index is 2.18. The van der Waals surface area contributed by atoms with Gasteiger partial charge in [0.15, 0.2) is 0 Å². The van der Waals surface area contributed by atoms with Crippen LogP contribution < -0.4 is 0 Å². The van der Waals surface area contributed by atoms with E-state index in [1.807, 2.05) is 6.07 Å². The average Bonchev–Trinajstić information content (AvgIpc) is 2.28. The highest BCUT2D eigenvalue weighted by molar-refractivity contribution is 5.69. The van der Waals surface area contributed by atoms with Gasteiger partial charge in [-0.2, -0.15) is 0 Å². The average molecular weight is 194 g/mol. The van der Waals surface area contributed by atoms with E-state index >= 15 is 0 Å². The number of rotatable bonds is 2. The van der Waals surface area contributed by atoms with Crippen molar-refractivity contribution >= 4 is 12.2 Å².